The van der Waals surface area contributed by atoms with Gasteiger partial charge in [0.2, 0.25) is 11.8 Å². The van der Waals surface area contributed by atoms with E-state index in [-0.39, 0.29) is 11.8 Å². The predicted molar refractivity (Wildman–Crippen MR) is 87.7 cm³/mol. The molecule has 0 bridgehead atoms. The predicted octanol–water partition coefficient (Wildman–Crippen LogP) is 2.46. The van der Waals surface area contributed by atoms with E-state index >= 15 is 0 Å². The molecule has 4 heteroatoms. The van der Waals surface area contributed by atoms with Crippen LogP contribution in [0.2, 0.25) is 0 Å². The maximum absolute atomic E-state index is 12.0. The highest BCUT2D eigenvalue weighted by molar-refractivity contribution is 5.92. The average molecular weight is 296 g/mol. The minimum atomic E-state index is -0.0529. The molecule has 114 valence electrons. The third kappa shape index (κ3) is 4.74. The van der Waals surface area contributed by atoms with E-state index in [0.717, 1.165) is 16.8 Å². The summed E-state index contributed by atoms with van der Waals surface area (Å²) >= 11 is 0. The zero-order valence-corrected chi connectivity index (χ0v) is 12.8. The van der Waals surface area contributed by atoms with Crippen LogP contribution < -0.4 is 10.6 Å². The summed E-state index contributed by atoms with van der Waals surface area (Å²) in [7, 11) is 1.61. The van der Waals surface area contributed by atoms with Crippen LogP contribution in [0.3, 0.4) is 0 Å². The lowest BCUT2D eigenvalue weighted by atomic mass is 10.1. The lowest BCUT2D eigenvalue weighted by Gasteiger charge is -2.07. The number of hydrogen-bond donors (Lipinski definition) is 2. The summed E-state index contributed by atoms with van der Waals surface area (Å²) in [4.78, 5) is 23.3. The Bertz CT molecular complexity index is 646. The Hall–Kier alpha value is -2.62. The molecule has 2 aromatic carbocycles. The minimum Gasteiger partial charge on any atom is -0.359 e. The Kier molecular flexibility index (Phi) is 5.31. The van der Waals surface area contributed by atoms with E-state index < -0.39 is 0 Å². The number of amides is 2. The number of benzene rings is 2. The highest BCUT2D eigenvalue weighted by atomic mass is 16.2. The molecule has 0 fully saturated rings. The van der Waals surface area contributed by atoms with Gasteiger partial charge in [0.1, 0.15) is 0 Å². The van der Waals surface area contributed by atoms with E-state index in [0.29, 0.717) is 12.8 Å². The fourth-order valence-electron chi connectivity index (χ4n) is 2.08. The number of likely N-dealkylation sites (N-methyl/N-ethyl adjacent to an activating group) is 1. The van der Waals surface area contributed by atoms with Gasteiger partial charge in [-0.25, -0.2) is 0 Å². The lowest BCUT2D eigenvalue weighted by molar-refractivity contribution is -0.120. The largest absolute Gasteiger partial charge is 0.359 e. The van der Waals surface area contributed by atoms with Gasteiger partial charge in [0.25, 0.3) is 0 Å². The zero-order valence-electron chi connectivity index (χ0n) is 12.8. The molecular formula is C18H20N2O2. The molecule has 0 saturated heterocycles. The van der Waals surface area contributed by atoms with Crippen LogP contribution in [0.1, 0.15) is 16.7 Å². The van der Waals surface area contributed by atoms with Crippen LogP contribution in [0.15, 0.2) is 48.5 Å². The first-order valence-corrected chi connectivity index (χ1v) is 7.22. The Balaban J connectivity index is 1.91. The minimum absolute atomic E-state index is 0.0313. The summed E-state index contributed by atoms with van der Waals surface area (Å²) in [5.74, 6) is -0.0842. The molecule has 22 heavy (non-hydrogen) atoms. The molecular weight excluding hydrogens is 276 g/mol. The summed E-state index contributed by atoms with van der Waals surface area (Å²) < 4.78 is 0. The highest BCUT2D eigenvalue weighted by Gasteiger charge is 2.05. The van der Waals surface area contributed by atoms with Crippen molar-refractivity contribution in [3.05, 3.63) is 65.2 Å². The van der Waals surface area contributed by atoms with Crippen LogP contribution >= 0.6 is 0 Å². The molecule has 0 unspecified atom stereocenters. The van der Waals surface area contributed by atoms with Gasteiger partial charge < -0.3 is 10.6 Å². The molecule has 0 aliphatic carbocycles. The number of carbonyl (C=O) groups excluding carboxylic acids is 2. The number of nitrogens with one attached hydrogen (secondary N) is 2. The maximum Gasteiger partial charge on any atom is 0.228 e. The first-order chi connectivity index (χ1) is 10.6. The molecule has 0 spiro atoms. The van der Waals surface area contributed by atoms with Crippen LogP contribution in [-0.2, 0) is 22.4 Å². The smallest absolute Gasteiger partial charge is 0.228 e. The van der Waals surface area contributed by atoms with Crippen molar-refractivity contribution in [3.63, 3.8) is 0 Å². The normalized spacial score (nSPS) is 10.1. The number of hydrogen-bond acceptors (Lipinski definition) is 2. The molecule has 2 N–H and O–H groups in total. The molecule has 0 atom stereocenters. The van der Waals surface area contributed by atoms with Crippen LogP contribution in [0.4, 0.5) is 5.69 Å². The van der Waals surface area contributed by atoms with E-state index in [9.17, 15) is 9.59 Å². The van der Waals surface area contributed by atoms with Crippen LogP contribution in [-0.4, -0.2) is 18.9 Å². The standard InChI is InChI=1S/C18H20N2O2/c1-13-3-5-14(6-4-13)12-18(22)20-16-9-7-15(8-10-16)11-17(21)19-2/h3-10H,11-12H2,1-2H3,(H,19,21)(H,20,22). The molecule has 0 saturated carbocycles. The third-order valence-corrected chi connectivity index (χ3v) is 3.37. The molecule has 2 amide bonds. The fraction of sp³-hybridized carbons (Fsp3) is 0.222. The molecule has 2 aromatic rings. The number of rotatable bonds is 5. The molecule has 0 aromatic heterocycles. The van der Waals surface area contributed by atoms with Gasteiger partial charge in [-0.1, -0.05) is 42.0 Å². The second-order valence-electron chi connectivity index (χ2n) is 5.26. The Morgan fingerprint density at radius 3 is 1.86 bits per heavy atom. The van der Waals surface area contributed by atoms with Crippen molar-refractivity contribution in [2.24, 2.45) is 0 Å². The highest BCUT2D eigenvalue weighted by Crippen LogP contribution is 2.11. The van der Waals surface area contributed by atoms with Gasteiger partial charge in [0, 0.05) is 12.7 Å². The first-order valence-electron chi connectivity index (χ1n) is 7.22. The fourth-order valence-corrected chi connectivity index (χ4v) is 2.08. The van der Waals surface area contributed by atoms with Gasteiger partial charge in [0.15, 0.2) is 0 Å². The second-order valence-corrected chi connectivity index (χ2v) is 5.26. The van der Waals surface area contributed by atoms with Crippen molar-refractivity contribution in [2.45, 2.75) is 19.8 Å². The number of aryl methyl sites for hydroxylation is 1. The van der Waals surface area contributed by atoms with E-state index in [1.54, 1.807) is 7.05 Å². The van der Waals surface area contributed by atoms with Gasteiger partial charge in [-0.2, -0.15) is 0 Å². The van der Waals surface area contributed by atoms with Crippen molar-refractivity contribution in [1.82, 2.24) is 5.32 Å². The molecule has 4 nitrogen and oxygen atoms in total. The summed E-state index contributed by atoms with van der Waals surface area (Å²) in [6, 6.07) is 15.2. The summed E-state index contributed by atoms with van der Waals surface area (Å²) in [5.41, 5.74) is 3.81. The molecule has 2 rings (SSSR count). The average Bonchev–Trinajstić information content (AvgIpc) is 2.51. The Morgan fingerprint density at radius 2 is 1.32 bits per heavy atom. The van der Waals surface area contributed by atoms with E-state index in [2.05, 4.69) is 10.6 Å². The molecule has 0 heterocycles. The van der Waals surface area contributed by atoms with Crippen LogP contribution in [0, 0.1) is 6.92 Å². The van der Waals surface area contributed by atoms with Crippen molar-refractivity contribution in [1.29, 1.82) is 0 Å². The van der Waals surface area contributed by atoms with Gasteiger partial charge in [0.05, 0.1) is 12.8 Å². The maximum atomic E-state index is 12.0. The van der Waals surface area contributed by atoms with E-state index in [1.807, 2.05) is 55.5 Å². The van der Waals surface area contributed by atoms with Gasteiger partial charge in [-0.15, -0.1) is 0 Å². The van der Waals surface area contributed by atoms with Crippen molar-refractivity contribution in [2.75, 3.05) is 12.4 Å². The van der Waals surface area contributed by atoms with E-state index in [4.69, 9.17) is 0 Å². The first kappa shape index (κ1) is 15.8. The Morgan fingerprint density at radius 1 is 0.818 bits per heavy atom. The van der Waals surface area contributed by atoms with Gasteiger partial charge in [-0.05, 0) is 30.2 Å². The summed E-state index contributed by atoms with van der Waals surface area (Å²) in [6.45, 7) is 2.02. The molecule has 0 radical (unpaired) electrons. The second kappa shape index (κ2) is 7.41. The Labute approximate surface area is 130 Å². The lowest BCUT2D eigenvalue weighted by Crippen LogP contribution is -2.20. The molecule has 0 aliphatic rings. The van der Waals surface area contributed by atoms with Crippen LogP contribution in [0.25, 0.3) is 0 Å². The summed E-state index contributed by atoms with van der Waals surface area (Å²) in [5, 5.41) is 5.44. The zero-order chi connectivity index (χ0) is 15.9. The third-order valence-electron chi connectivity index (χ3n) is 3.37. The topological polar surface area (TPSA) is 58.2 Å². The SMILES string of the molecule is CNC(=O)Cc1ccc(NC(=O)Cc2ccc(C)cc2)cc1. The quantitative estimate of drug-likeness (QED) is 0.890. The van der Waals surface area contributed by atoms with E-state index in [1.165, 1.54) is 5.56 Å². The van der Waals surface area contributed by atoms with Crippen LogP contribution in [0.5, 0.6) is 0 Å². The van der Waals surface area contributed by atoms with Crippen molar-refractivity contribution < 1.29 is 9.59 Å². The molecule has 0 aliphatic heterocycles. The number of carbonyl (C=O) groups is 2. The monoisotopic (exact) mass is 296 g/mol. The van der Waals surface area contributed by atoms with Gasteiger partial charge >= 0.3 is 0 Å². The van der Waals surface area contributed by atoms with Crippen molar-refractivity contribution in [3.8, 4) is 0 Å². The number of anilines is 1. The van der Waals surface area contributed by atoms with Gasteiger partial charge in [-0.3, -0.25) is 9.59 Å². The summed E-state index contributed by atoms with van der Waals surface area (Å²) in [6.07, 6.45) is 0.689. The van der Waals surface area contributed by atoms with Crippen molar-refractivity contribution >= 4 is 17.5 Å².